The molecule has 1 amide bonds. The molecular formula is C19H18ClN3O2S. The Balaban J connectivity index is 1.54. The maximum Gasteiger partial charge on any atom is 0.277 e. The van der Waals surface area contributed by atoms with Crippen LogP contribution in [-0.4, -0.2) is 21.9 Å². The fourth-order valence-corrected chi connectivity index (χ4v) is 3.12. The van der Waals surface area contributed by atoms with Crippen molar-refractivity contribution in [3.05, 3.63) is 64.7 Å². The summed E-state index contributed by atoms with van der Waals surface area (Å²) in [4.78, 5) is 12.1. The number of carbonyl (C=O) groups excluding carboxylic acids is 1. The van der Waals surface area contributed by atoms with E-state index >= 15 is 0 Å². The van der Waals surface area contributed by atoms with Crippen LogP contribution >= 0.6 is 23.4 Å². The Labute approximate surface area is 161 Å². The molecule has 0 radical (unpaired) electrons. The second-order valence-corrected chi connectivity index (χ2v) is 7.24. The maximum absolute atomic E-state index is 12.1. The van der Waals surface area contributed by atoms with Crippen molar-refractivity contribution in [2.24, 2.45) is 0 Å². The molecule has 0 saturated carbocycles. The molecule has 0 unspecified atom stereocenters. The summed E-state index contributed by atoms with van der Waals surface area (Å²) >= 11 is 7.19. The quantitative estimate of drug-likeness (QED) is 0.622. The van der Waals surface area contributed by atoms with Gasteiger partial charge in [0, 0.05) is 10.6 Å². The minimum Gasteiger partial charge on any atom is -0.411 e. The highest BCUT2D eigenvalue weighted by Gasteiger charge is 2.13. The number of nitrogens with one attached hydrogen (secondary N) is 1. The Kier molecular flexibility index (Phi) is 5.96. The molecule has 3 rings (SSSR count). The van der Waals surface area contributed by atoms with Crippen LogP contribution in [0.2, 0.25) is 5.02 Å². The normalized spacial score (nSPS) is 12.0. The summed E-state index contributed by atoms with van der Waals surface area (Å²) in [5, 5.41) is 12.0. The van der Waals surface area contributed by atoms with Gasteiger partial charge in [0.25, 0.3) is 5.22 Å². The van der Waals surface area contributed by atoms with E-state index in [1.807, 2.05) is 56.3 Å². The molecule has 0 aliphatic carbocycles. The highest BCUT2D eigenvalue weighted by atomic mass is 35.5. The van der Waals surface area contributed by atoms with Gasteiger partial charge in [-0.15, -0.1) is 10.2 Å². The molecule has 134 valence electrons. The monoisotopic (exact) mass is 387 g/mol. The summed E-state index contributed by atoms with van der Waals surface area (Å²) in [5.41, 5.74) is 2.97. The third-order valence-electron chi connectivity index (χ3n) is 3.76. The smallest absolute Gasteiger partial charge is 0.277 e. The Hall–Kier alpha value is -2.31. The SMILES string of the molecule is Cc1ccc(-c2nnc(SCC(=O)N[C@@H](C)c3cccc(Cl)c3)o2)cc1. The van der Waals surface area contributed by atoms with Gasteiger partial charge in [-0.05, 0) is 43.7 Å². The molecular weight excluding hydrogens is 370 g/mol. The van der Waals surface area contributed by atoms with Crippen LogP contribution in [0.1, 0.15) is 24.1 Å². The summed E-state index contributed by atoms with van der Waals surface area (Å²) in [6.45, 7) is 3.93. The number of aryl methyl sites for hydroxylation is 1. The highest BCUT2D eigenvalue weighted by molar-refractivity contribution is 7.99. The number of aromatic nitrogens is 2. The molecule has 0 aliphatic heterocycles. The molecule has 3 aromatic rings. The first-order valence-corrected chi connectivity index (χ1v) is 9.46. The Morgan fingerprint density at radius 2 is 2.00 bits per heavy atom. The zero-order valence-corrected chi connectivity index (χ0v) is 16.0. The van der Waals surface area contributed by atoms with Crippen molar-refractivity contribution in [3.63, 3.8) is 0 Å². The number of hydrogen-bond donors (Lipinski definition) is 1. The standard InChI is InChI=1S/C19H18ClN3O2S/c1-12-6-8-14(9-7-12)18-22-23-19(25-18)26-11-17(24)21-13(2)15-4-3-5-16(20)10-15/h3-10,13H,11H2,1-2H3,(H,21,24)/t13-/m0/s1. The van der Waals surface area contributed by atoms with Crippen LogP contribution in [-0.2, 0) is 4.79 Å². The maximum atomic E-state index is 12.1. The third kappa shape index (κ3) is 4.86. The molecule has 2 aromatic carbocycles. The summed E-state index contributed by atoms with van der Waals surface area (Å²) in [6, 6.07) is 15.1. The van der Waals surface area contributed by atoms with E-state index in [1.54, 1.807) is 6.07 Å². The molecule has 26 heavy (non-hydrogen) atoms. The van der Waals surface area contributed by atoms with E-state index in [0.29, 0.717) is 16.1 Å². The minimum absolute atomic E-state index is 0.113. The second-order valence-electron chi connectivity index (χ2n) is 5.87. The zero-order valence-electron chi connectivity index (χ0n) is 14.4. The van der Waals surface area contributed by atoms with E-state index in [1.165, 1.54) is 11.8 Å². The average molecular weight is 388 g/mol. The predicted octanol–water partition coefficient (Wildman–Crippen LogP) is 4.67. The molecule has 0 saturated heterocycles. The fraction of sp³-hybridized carbons (Fsp3) is 0.211. The number of benzene rings is 2. The number of carbonyl (C=O) groups is 1. The number of hydrogen-bond acceptors (Lipinski definition) is 5. The van der Waals surface area contributed by atoms with Gasteiger partial charge in [-0.3, -0.25) is 4.79 Å². The van der Waals surface area contributed by atoms with Crippen LogP contribution in [0.15, 0.2) is 58.2 Å². The zero-order chi connectivity index (χ0) is 18.5. The van der Waals surface area contributed by atoms with Gasteiger partial charge in [-0.2, -0.15) is 0 Å². The molecule has 1 atom stereocenters. The first kappa shape index (κ1) is 18.5. The van der Waals surface area contributed by atoms with Crippen molar-refractivity contribution in [2.75, 3.05) is 5.75 Å². The van der Waals surface area contributed by atoms with E-state index in [4.69, 9.17) is 16.0 Å². The van der Waals surface area contributed by atoms with E-state index < -0.39 is 0 Å². The van der Waals surface area contributed by atoms with Gasteiger partial charge in [-0.25, -0.2) is 0 Å². The van der Waals surface area contributed by atoms with Gasteiger partial charge in [0.2, 0.25) is 11.8 Å². The first-order chi connectivity index (χ1) is 12.5. The van der Waals surface area contributed by atoms with Gasteiger partial charge in [0.05, 0.1) is 11.8 Å². The molecule has 0 spiro atoms. The van der Waals surface area contributed by atoms with Gasteiger partial charge in [-0.1, -0.05) is 53.2 Å². The Bertz CT molecular complexity index is 896. The van der Waals surface area contributed by atoms with Gasteiger partial charge >= 0.3 is 0 Å². The van der Waals surface area contributed by atoms with Crippen molar-refractivity contribution in [1.29, 1.82) is 0 Å². The molecule has 0 aliphatic rings. The van der Waals surface area contributed by atoms with Crippen molar-refractivity contribution < 1.29 is 9.21 Å². The van der Waals surface area contributed by atoms with Gasteiger partial charge in [0.1, 0.15) is 0 Å². The van der Waals surface area contributed by atoms with E-state index in [9.17, 15) is 4.79 Å². The fourth-order valence-electron chi connectivity index (χ4n) is 2.35. The van der Waals surface area contributed by atoms with Gasteiger partial charge in [0.15, 0.2) is 0 Å². The van der Waals surface area contributed by atoms with E-state index in [-0.39, 0.29) is 17.7 Å². The van der Waals surface area contributed by atoms with Gasteiger partial charge < -0.3 is 9.73 Å². The lowest BCUT2D eigenvalue weighted by Crippen LogP contribution is -2.28. The van der Waals surface area contributed by atoms with Crippen LogP contribution in [0.5, 0.6) is 0 Å². The largest absolute Gasteiger partial charge is 0.411 e. The van der Waals surface area contributed by atoms with E-state index in [2.05, 4.69) is 15.5 Å². The molecule has 5 nitrogen and oxygen atoms in total. The predicted molar refractivity (Wildman–Crippen MR) is 103 cm³/mol. The van der Waals surface area contributed by atoms with Crippen molar-refractivity contribution in [3.8, 4) is 11.5 Å². The summed E-state index contributed by atoms with van der Waals surface area (Å²) in [7, 11) is 0. The van der Waals surface area contributed by atoms with Crippen LogP contribution in [0.3, 0.4) is 0 Å². The number of nitrogens with zero attached hydrogens (tertiary/aromatic N) is 2. The Morgan fingerprint density at radius 1 is 1.23 bits per heavy atom. The minimum atomic E-state index is -0.132. The molecule has 1 heterocycles. The van der Waals surface area contributed by atoms with Crippen LogP contribution in [0.25, 0.3) is 11.5 Å². The first-order valence-electron chi connectivity index (χ1n) is 8.09. The Morgan fingerprint density at radius 3 is 2.73 bits per heavy atom. The highest BCUT2D eigenvalue weighted by Crippen LogP contribution is 2.23. The topological polar surface area (TPSA) is 68.0 Å². The number of rotatable bonds is 6. The molecule has 7 heteroatoms. The molecule has 0 bridgehead atoms. The lowest BCUT2D eigenvalue weighted by atomic mass is 10.1. The lowest BCUT2D eigenvalue weighted by molar-refractivity contribution is -0.119. The van der Waals surface area contributed by atoms with E-state index in [0.717, 1.165) is 16.7 Å². The average Bonchev–Trinajstić information content (AvgIpc) is 3.09. The van der Waals surface area contributed by atoms with Crippen LogP contribution < -0.4 is 5.32 Å². The molecule has 1 N–H and O–H groups in total. The van der Waals surface area contributed by atoms with Crippen molar-refractivity contribution in [1.82, 2.24) is 15.5 Å². The van der Waals surface area contributed by atoms with Crippen LogP contribution in [0.4, 0.5) is 0 Å². The lowest BCUT2D eigenvalue weighted by Gasteiger charge is -2.14. The number of halogens is 1. The van der Waals surface area contributed by atoms with Crippen molar-refractivity contribution >= 4 is 29.3 Å². The summed E-state index contributed by atoms with van der Waals surface area (Å²) in [6.07, 6.45) is 0. The number of amides is 1. The third-order valence-corrected chi connectivity index (χ3v) is 4.81. The van der Waals surface area contributed by atoms with Crippen molar-refractivity contribution in [2.45, 2.75) is 25.1 Å². The summed E-state index contributed by atoms with van der Waals surface area (Å²) < 4.78 is 5.61. The molecule has 0 fully saturated rings. The summed E-state index contributed by atoms with van der Waals surface area (Å²) in [5.74, 6) is 0.526. The number of thioether (sulfide) groups is 1. The second kappa shape index (κ2) is 8.38. The molecule has 1 aromatic heterocycles. The van der Waals surface area contributed by atoms with Crippen LogP contribution in [0, 0.1) is 6.92 Å².